The van der Waals surface area contributed by atoms with Crippen LogP contribution in [0.2, 0.25) is 0 Å². The molecule has 2 N–H and O–H groups in total. The number of ether oxygens (including phenoxy) is 1. The number of rotatable bonds is 5. The summed E-state index contributed by atoms with van der Waals surface area (Å²) >= 11 is 1.43. The molecule has 3 atom stereocenters. The molecule has 0 aromatic heterocycles. The largest absolute Gasteiger partial charge is 0.468 e. The predicted octanol–water partition coefficient (Wildman–Crippen LogP) is 1.40. The average molecular weight is 314 g/mol. The molecule has 1 heterocycles. The number of hydrogen-bond donors (Lipinski definition) is 1. The molecular weight excluding hydrogens is 288 g/mol. The number of hydrogen-bond acceptors (Lipinski definition) is 5. The van der Waals surface area contributed by atoms with Crippen molar-refractivity contribution in [2.45, 2.75) is 50.6 Å². The highest BCUT2D eigenvalue weighted by molar-refractivity contribution is 8.00. The summed E-state index contributed by atoms with van der Waals surface area (Å²) in [4.78, 5) is 25.7. The second kappa shape index (κ2) is 8.03. The van der Waals surface area contributed by atoms with Crippen LogP contribution in [0.4, 0.5) is 0 Å². The standard InChI is InChI=1S/C15H26N2O3S/c1-20-15(19)12(16)9-21-10-14(18)17-8-4-6-11-5-2-3-7-13(11)17/h11-13H,2-10,16H2,1H3. The SMILES string of the molecule is COC(=O)C(N)CSCC(=O)N1CCCC2CCCCC21. The molecule has 0 aromatic rings. The van der Waals surface area contributed by atoms with E-state index in [1.54, 1.807) is 0 Å². The second-order valence-electron chi connectivity index (χ2n) is 5.99. The van der Waals surface area contributed by atoms with E-state index in [0.717, 1.165) is 19.4 Å². The molecule has 1 aliphatic carbocycles. The van der Waals surface area contributed by atoms with E-state index in [4.69, 9.17) is 5.73 Å². The molecule has 0 bridgehead atoms. The minimum absolute atomic E-state index is 0.202. The van der Waals surface area contributed by atoms with E-state index in [2.05, 4.69) is 9.64 Å². The molecule has 2 aliphatic rings. The Morgan fingerprint density at radius 1 is 1.29 bits per heavy atom. The van der Waals surface area contributed by atoms with E-state index in [-0.39, 0.29) is 5.91 Å². The van der Waals surface area contributed by atoms with E-state index in [0.29, 0.717) is 23.5 Å². The molecule has 0 aromatic carbocycles. The highest BCUT2D eigenvalue weighted by Crippen LogP contribution is 2.35. The molecule has 5 nitrogen and oxygen atoms in total. The van der Waals surface area contributed by atoms with Crippen LogP contribution in [-0.2, 0) is 14.3 Å². The molecule has 2 fully saturated rings. The summed E-state index contributed by atoms with van der Waals surface area (Å²) in [5, 5.41) is 0. The monoisotopic (exact) mass is 314 g/mol. The van der Waals surface area contributed by atoms with Gasteiger partial charge >= 0.3 is 5.97 Å². The normalized spacial score (nSPS) is 26.9. The number of nitrogens with two attached hydrogens (primary N) is 1. The first-order valence-corrected chi connectivity index (χ1v) is 8.99. The van der Waals surface area contributed by atoms with Crippen LogP contribution in [0.15, 0.2) is 0 Å². The van der Waals surface area contributed by atoms with Crippen LogP contribution in [0, 0.1) is 5.92 Å². The second-order valence-corrected chi connectivity index (χ2v) is 7.02. The number of thioether (sulfide) groups is 1. The zero-order valence-corrected chi connectivity index (χ0v) is 13.6. The fourth-order valence-electron chi connectivity index (χ4n) is 3.51. The molecule has 6 heteroatoms. The van der Waals surface area contributed by atoms with Crippen LogP contribution in [0.3, 0.4) is 0 Å². The molecule has 0 radical (unpaired) electrons. The Hall–Kier alpha value is -0.750. The van der Waals surface area contributed by atoms with Crippen LogP contribution in [0.25, 0.3) is 0 Å². The summed E-state index contributed by atoms with van der Waals surface area (Å²) in [6.07, 6.45) is 7.38. The molecular formula is C15H26N2O3S. The van der Waals surface area contributed by atoms with Gasteiger partial charge in [0.15, 0.2) is 0 Å². The van der Waals surface area contributed by atoms with Crippen LogP contribution >= 0.6 is 11.8 Å². The Balaban J connectivity index is 1.78. The highest BCUT2D eigenvalue weighted by Gasteiger charge is 2.35. The molecule has 0 spiro atoms. The van der Waals surface area contributed by atoms with Crippen molar-refractivity contribution in [3.05, 3.63) is 0 Å². The van der Waals surface area contributed by atoms with Crippen LogP contribution in [0.5, 0.6) is 0 Å². The zero-order chi connectivity index (χ0) is 15.2. The Labute approximate surface area is 130 Å². The van der Waals surface area contributed by atoms with Crippen molar-refractivity contribution in [3.8, 4) is 0 Å². The zero-order valence-electron chi connectivity index (χ0n) is 12.8. The van der Waals surface area contributed by atoms with Gasteiger partial charge in [-0.1, -0.05) is 12.8 Å². The minimum atomic E-state index is -0.642. The first-order valence-electron chi connectivity index (χ1n) is 7.84. The van der Waals surface area contributed by atoms with Gasteiger partial charge in [0.05, 0.1) is 12.9 Å². The maximum Gasteiger partial charge on any atom is 0.323 e. The fourth-order valence-corrected chi connectivity index (χ4v) is 4.36. The fraction of sp³-hybridized carbons (Fsp3) is 0.867. The Kier molecular flexibility index (Phi) is 6.36. The third-order valence-corrected chi connectivity index (χ3v) is 5.64. The van der Waals surface area contributed by atoms with Crippen molar-refractivity contribution in [1.29, 1.82) is 0 Å². The van der Waals surface area contributed by atoms with Crippen molar-refractivity contribution in [3.63, 3.8) is 0 Å². The van der Waals surface area contributed by atoms with Gasteiger partial charge in [-0.05, 0) is 31.6 Å². The van der Waals surface area contributed by atoms with Crippen molar-refractivity contribution in [1.82, 2.24) is 4.90 Å². The summed E-state index contributed by atoms with van der Waals surface area (Å²) in [6, 6.07) is -0.188. The lowest BCUT2D eigenvalue weighted by Gasteiger charge is -2.44. The molecule has 1 amide bonds. The number of methoxy groups -OCH3 is 1. The van der Waals surface area contributed by atoms with Gasteiger partial charge in [0.1, 0.15) is 6.04 Å². The maximum atomic E-state index is 12.4. The molecule has 120 valence electrons. The van der Waals surface area contributed by atoms with Crippen molar-refractivity contribution >= 4 is 23.6 Å². The Bertz CT molecular complexity index is 376. The third kappa shape index (κ3) is 4.36. The van der Waals surface area contributed by atoms with E-state index in [1.807, 2.05) is 0 Å². The first-order chi connectivity index (χ1) is 10.1. The number of nitrogens with zero attached hydrogens (tertiary/aromatic N) is 1. The Morgan fingerprint density at radius 2 is 2.00 bits per heavy atom. The summed E-state index contributed by atoms with van der Waals surface area (Å²) in [5.41, 5.74) is 5.68. The van der Waals surface area contributed by atoms with E-state index >= 15 is 0 Å². The highest BCUT2D eigenvalue weighted by atomic mass is 32.2. The Morgan fingerprint density at radius 3 is 2.76 bits per heavy atom. The smallest absolute Gasteiger partial charge is 0.323 e. The number of piperidine rings is 1. The van der Waals surface area contributed by atoms with Gasteiger partial charge in [0.25, 0.3) is 0 Å². The number of carbonyl (C=O) groups excluding carboxylic acids is 2. The topological polar surface area (TPSA) is 72.6 Å². The molecule has 1 saturated carbocycles. The van der Waals surface area contributed by atoms with Crippen molar-refractivity contribution in [2.24, 2.45) is 11.7 Å². The van der Waals surface area contributed by atoms with Gasteiger partial charge in [0, 0.05) is 18.3 Å². The van der Waals surface area contributed by atoms with Crippen LogP contribution in [0.1, 0.15) is 38.5 Å². The number of carbonyl (C=O) groups is 2. The van der Waals surface area contributed by atoms with Crippen LogP contribution < -0.4 is 5.73 Å². The van der Waals surface area contributed by atoms with Gasteiger partial charge < -0.3 is 15.4 Å². The lowest BCUT2D eigenvalue weighted by atomic mass is 9.78. The lowest BCUT2D eigenvalue weighted by Crippen LogP contribution is -2.50. The maximum absolute atomic E-state index is 12.4. The third-order valence-electron chi connectivity index (χ3n) is 4.59. The summed E-state index contributed by atoms with van der Waals surface area (Å²) in [7, 11) is 1.33. The molecule has 1 saturated heterocycles. The van der Waals surface area contributed by atoms with Gasteiger partial charge in [0.2, 0.25) is 5.91 Å². The quantitative estimate of drug-likeness (QED) is 0.777. The summed E-state index contributed by atoms with van der Waals surface area (Å²) in [5.74, 6) is 1.33. The van der Waals surface area contributed by atoms with Gasteiger partial charge in [-0.25, -0.2) is 0 Å². The minimum Gasteiger partial charge on any atom is -0.468 e. The summed E-state index contributed by atoms with van der Waals surface area (Å²) < 4.78 is 4.58. The van der Waals surface area contributed by atoms with Gasteiger partial charge in [-0.3, -0.25) is 9.59 Å². The van der Waals surface area contributed by atoms with E-state index in [1.165, 1.54) is 44.6 Å². The van der Waals surface area contributed by atoms with E-state index in [9.17, 15) is 9.59 Å². The first kappa shape index (κ1) is 16.6. The van der Waals surface area contributed by atoms with Gasteiger partial charge in [-0.15, -0.1) is 11.8 Å². The molecule has 3 unspecified atom stereocenters. The van der Waals surface area contributed by atoms with Crippen molar-refractivity contribution < 1.29 is 14.3 Å². The molecule has 21 heavy (non-hydrogen) atoms. The summed E-state index contributed by atoms with van der Waals surface area (Å²) in [6.45, 7) is 0.892. The van der Waals surface area contributed by atoms with Crippen LogP contribution in [-0.4, -0.2) is 54.0 Å². The molecule has 1 aliphatic heterocycles. The number of likely N-dealkylation sites (tertiary alicyclic amines) is 1. The van der Waals surface area contributed by atoms with Crippen molar-refractivity contribution in [2.75, 3.05) is 25.2 Å². The number of amides is 1. The average Bonchev–Trinajstić information content (AvgIpc) is 2.53. The van der Waals surface area contributed by atoms with E-state index < -0.39 is 12.0 Å². The number of fused-ring (bicyclic) bond motifs is 1. The number of esters is 1. The lowest BCUT2D eigenvalue weighted by molar-refractivity contribution is -0.141. The molecule has 2 rings (SSSR count). The van der Waals surface area contributed by atoms with Gasteiger partial charge in [-0.2, -0.15) is 0 Å². The predicted molar refractivity (Wildman–Crippen MR) is 84.0 cm³/mol.